The summed E-state index contributed by atoms with van der Waals surface area (Å²) < 4.78 is 12.4. The third kappa shape index (κ3) is 2.33. The highest BCUT2D eigenvalue weighted by Crippen LogP contribution is 2.41. The first-order valence-corrected chi connectivity index (χ1v) is 8.05. The Morgan fingerprint density at radius 2 is 1.50 bits per heavy atom. The summed E-state index contributed by atoms with van der Waals surface area (Å²) >= 11 is 0. The van der Waals surface area contributed by atoms with E-state index in [0.717, 1.165) is 0 Å². The van der Waals surface area contributed by atoms with E-state index in [1.54, 1.807) is 0 Å². The highest BCUT2D eigenvalue weighted by Gasteiger charge is 2.54. The van der Waals surface area contributed by atoms with Gasteiger partial charge in [0.1, 0.15) is 0 Å². The Morgan fingerprint density at radius 1 is 1.05 bits per heavy atom. The van der Waals surface area contributed by atoms with Crippen molar-refractivity contribution < 1.29 is 9.31 Å². The summed E-state index contributed by atoms with van der Waals surface area (Å²) in [6, 6.07) is 1.92. The minimum atomic E-state index is -0.225. The first-order chi connectivity index (χ1) is 9.19. The molecule has 0 radical (unpaired) electrons. The molecule has 0 amide bonds. The fourth-order valence-corrected chi connectivity index (χ4v) is 3.54. The highest BCUT2D eigenvalue weighted by atomic mass is 16.7. The van der Waals surface area contributed by atoms with Crippen LogP contribution in [0.2, 0.25) is 5.82 Å². The molecule has 4 nitrogen and oxygen atoms in total. The molecule has 0 aromatic heterocycles. The minimum Gasteiger partial charge on any atom is -0.403 e. The number of fused-ring (bicyclic) bond motifs is 2. The van der Waals surface area contributed by atoms with E-state index in [0.29, 0.717) is 23.9 Å². The maximum Gasteiger partial charge on any atom is 0.462 e. The van der Waals surface area contributed by atoms with Crippen molar-refractivity contribution in [3.63, 3.8) is 0 Å². The van der Waals surface area contributed by atoms with E-state index in [1.807, 2.05) is 0 Å². The maximum absolute atomic E-state index is 6.21. The third-order valence-electron chi connectivity index (χ3n) is 5.99. The number of piperidine rings is 1. The van der Waals surface area contributed by atoms with E-state index in [9.17, 15) is 0 Å². The van der Waals surface area contributed by atoms with E-state index in [-0.39, 0.29) is 18.3 Å². The van der Waals surface area contributed by atoms with Crippen molar-refractivity contribution in [3.8, 4) is 0 Å². The van der Waals surface area contributed by atoms with Gasteiger partial charge in [0.15, 0.2) is 0 Å². The largest absolute Gasteiger partial charge is 0.462 e. The lowest BCUT2D eigenvalue weighted by atomic mass is 9.68. The van der Waals surface area contributed by atoms with Crippen LogP contribution < -0.4 is 5.32 Å². The van der Waals surface area contributed by atoms with Crippen LogP contribution in [0.3, 0.4) is 0 Å². The molecule has 1 N–H and O–H groups in total. The molecule has 4 fully saturated rings. The molecule has 4 aliphatic rings. The molecular formula is C15H29BN2O2. The van der Waals surface area contributed by atoms with Crippen molar-refractivity contribution in [3.05, 3.63) is 0 Å². The monoisotopic (exact) mass is 280 g/mol. The molecule has 0 aromatic carbocycles. The fraction of sp³-hybridized carbons (Fsp3) is 1.00. The number of hydrogen-bond donors (Lipinski definition) is 1. The molecule has 0 spiro atoms. The Balaban J connectivity index is 1.63. The van der Waals surface area contributed by atoms with Gasteiger partial charge in [-0.25, -0.2) is 0 Å². The Morgan fingerprint density at radius 3 is 1.95 bits per heavy atom. The molecule has 20 heavy (non-hydrogen) atoms. The van der Waals surface area contributed by atoms with Crippen molar-refractivity contribution in [1.29, 1.82) is 0 Å². The van der Waals surface area contributed by atoms with Gasteiger partial charge in [0.05, 0.1) is 11.2 Å². The van der Waals surface area contributed by atoms with Crippen molar-refractivity contribution >= 4 is 7.12 Å². The minimum absolute atomic E-state index is 0.0961. The topological polar surface area (TPSA) is 33.7 Å². The first-order valence-electron chi connectivity index (χ1n) is 8.05. The summed E-state index contributed by atoms with van der Waals surface area (Å²) in [5, 5.41) is 3.59. The standard InChI is InChI=1S/C15H29BN2O2/c1-10(16-19-14(3,4)15(5,6)20-16)11(2)18-8-12-7-13(9-18)17-12/h10-13,17H,7-9H2,1-6H3/t10-,11?,12?,13?/m0/s1. The van der Waals surface area contributed by atoms with Crippen LogP contribution >= 0.6 is 0 Å². The Kier molecular flexibility index (Phi) is 3.49. The van der Waals surface area contributed by atoms with Crippen LogP contribution in [0.5, 0.6) is 0 Å². The molecule has 2 bridgehead atoms. The number of nitrogens with one attached hydrogen (secondary N) is 1. The molecule has 4 heterocycles. The second-order valence-electron chi connectivity index (χ2n) is 7.97. The number of hydrogen-bond acceptors (Lipinski definition) is 4. The fourth-order valence-electron chi connectivity index (χ4n) is 3.54. The number of piperazine rings is 1. The molecule has 4 aliphatic heterocycles. The van der Waals surface area contributed by atoms with Gasteiger partial charge in [0.2, 0.25) is 0 Å². The van der Waals surface area contributed by atoms with Gasteiger partial charge in [-0.15, -0.1) is 0 Å². The van der Waals surface area contributed by atoms with E-state index in [1.165, 1.54) is 19.5 Å². The zero-order chi connectivity index (χ0) is 14.7. The van der Waals surface area contributed by atoms with Gasteiger partial charge < -0.3 is 14.6 Å². The van der Waals surface area contributed by atoms with Crippen molar-refractivity contribution in [2.45, 2.75) is 83.1 Å². The SMILES string of the molecule is CC([C@H](C)B1OC(C)(C)C(C)(C)O1)N1CC2CC(C1)N2. The lowest BCUT2D eigenvalue weighted by Gasteiger charge is -2.51. The lowest BCUT2D eigenvalue weighted by Crippen LogP contribution is -2.68. The summed E-state index contributed by atoms with van der Waals surface area (Å²) in [6.45, 7) is 15.4. The van der Waals surface area contributed by atoms with Gasteiger partial charge >= 0.3 is 7.12 Å². The van der Waals surface area contributed by atoms with Crippen LogP contribution in [0.15, 0.2) is 0 Å². The second kappa shape index (κ2) is 4.70. The zero-order valence-corrected chi connectivity index (χ0v) is 13.8. The highest BCUT2D eigenvalue weighted by molar-refractivity contribution is 6.47. The van der Waals surface area contributed by atoms with Crippen LogP contribution in [-0.4, -0.2) is 54.4 Å². The van der Waals surface area contributed by atoms with Crippen molar-refractivity contribution in [2.75, 3.05) is 13.1 Å². The predicted octanol–water partition coefficient (Wildman–Crippen LogP) is 1.90. The molecule has 0 aromatic rings. The van der Waals surface area contributed by atoms with Gasteiger partial charge in [-0.1, -0.05) is 6.92 Å². The van der Waals surface area contributed by atoms with Gasteiger partial charge in [-0.05, 0) is 41.0 Å². The lowest BCUT2D eigenvalue weighted by molar-refractivity contribution is 0.00578. The maximum atomic E-state index is 6.21. The average Bonchev–Trinajstić information content (AvgIpc) is 2.56. The van der Waals surface area contributed by atoms with Crippen LogP contribution in [0, 0.1) is 0 Å². The summed E-state index contributed by atoms with van der Waals surface area (Å²) in [4.78, 5) is 2.60. The average molecular weight is 280 g/mol. The van der Waals surface area contributed by atoms with E-state index < -0.39 is 0 Å². The Hall–Kier alpha value is -0.0951. The van der Waals surface area contributed by atoms with E-state index in [2.05, 4.69) is 51.8 Å². The van der Waals surface area contributed by atoms with Gasteiger partial charge in [0, 0.05) is 37.0 Å². The summed E-state index contributed by atoms with van der Waals surface area (Å²) in [7, 11) is -0.0961. The van der Waals surface area contributed by atoms with Gasteiger partial charge in [-0.3, -0.25) is 4.90 Å². The van der Waals surface area contributed by atoms with E-state index >= 15 is 0 Å². The van der Waals surface area contributed by atoms with Gasteiger partial charge in [0.25, 0.3) is 0 Å². The van der Waals surface area contributed by atoms with Crippen LogP contribution in [-0.2, 0) is 9.31 Å². The van der Waals surface area contributed by atoms with Crippen molar-refractivity contribution in [2.24, 2.45) is 0 Å². The molecular weight excluding hydrogens is 251 g/mol. The number of rotatable bonds is 3. The molecule has 4 saturated heterocycles. The smallest absolute Gasteiger partial charge is 0.403 e. The van der Waals surface area contributed by atoms with Crippen molar-refractivity contribution in [1.82, 2.24) is 10.2 Å². The summed E-state index contributed by atoms with van der Waals surface area (Å²) in [6.07, 6.45) is 1.36. The molecule has 5 heteroatoms. The van der Waals surface area contributed by atoms with Crippen LogP contribution in [0.4, 0.5) is 0 Å². The second-order valence-corrected chi connectivity index (χ2v) is 7.97. The van der Waals surface area contributed by atoms with Crippen LogP contribution in [0.1, 0.15) is 48.0 Å². The first kappa shape index (κ1) is 14.8. The van der Waals surface area contributed by atoms with E-state index in [4.69, 9.17) is 9.31 Å². The third-order valence-corrected chi connectivity index (χ3v) is 5.99. The molecule has 114 valence electrons. The normalized spacial score (nSPS) is 38.4. The molecule has 4 rings (SSSR count). The quantitative estimate of drug-likeness (QED) is 0.801. The molecule has 0 saturated carbocycles. The molecule has 3 unspecified atom stereocenters. The summed E-state index contributed by atoms with van der Waals surface area (Å²) in [5.41, 5.74) is -0.450. The number of nitrogens with zero attached hydrogens (tertiary/aromatic N) is 1. The Labute approximate surface area is 123 Å². The van der Waals surface area contributed by atoms with Crippen LogP contribution in [0.25, 0.3) is 0 Å². The summed E-state index contributed by atoms with van der Waals surface area (Å²) in [5.74, 6) is 0.383. The molecule has 4 atom stereocenters. The molecule has 0 aliphatic carbocycles. The predicted molar refractivity (Wildman–Crippen MR) is 81.9 cm³/mol. The van der Waals surface area contributed by atoms with Gasteiger partial charge in [-0.2, -0.15) is 0 Å². The zero-order valence-electron chi connectivity index (χ0n) is 13.8. The Bertz CT molecular complexity index is 356.